The molecule has 0 fully saturated rings. The molecule has 0 aliphatic rings. The number of nitrogens with two attached hydrogens (primary N) is 1. The van der Waals surface area contributed by atoms with Crippen molar-refractivity contribution in [1.29, 1.82) is 0 Å². The molecule has 0 saturated carbocycles. The number of H-pyrrole nitrogens is 2. The predicted octanol–water partition coefficient (Wildman–Crippen LogP) is -1.64. The molecule has 0 saturated heterocycles. The normalized spacial score (nSPS) is 11.4. The third-order valence-electron chi connectivity index (χ3n) is 2.25. The first-order chi connectivity index (χ1) is 9.88. The van der Waals surface area contributed by atoms with E-state index >= 15 is 0 Å². The van der Waals surface area contributed by atoms with Crippen LogP contribution in [0.2, 0.25) is 0 Å². The minimum Gasteiger partial charge on any atom is -0.499 e. The molecule has 0 spiro atoms. The van der Waals surface area contributed by atoms with Crippen LogP contribution in [0, 0.1) is 0 Å². The van der Waals surface area contributed by atoms with Gasteiger partial charge in [0.05, 0.1) is 5.71 Å². The first kappa shape index (κ1) is 14.4. The summed E-state index contributed by atoms with van der Waals surface area (Å²) in [5.41, 5.74) is 6.33. The highest BCUT2D eigenvalue weighted by Gasteiger charge is 2.14. The molecule has 0 bridgehead atoms. The van der Waals surface area contributed by atoms with E-state index in [1.165, 1.54) is 6.92 Å². The lowest BCUT2D eigenvalue weighted by Crippen LogP contribution is -2.25. The summed E-state index contributed by atoms with van der Waals surface area (Å²) in [5.74, 6) is -1.01. The molecule has 2 aromatic heterocycles. The summed E-state index contributed by atoms with van der Waals surface area (Å²) in [4.78, 5) is 39.1. The molecule has 0 radical (unpaired) electrons. The Labute approximate surface area is 119 Å². The number of aromatic amines is 2. The number of carbonyl (C=O) groups excluding carboxylic acids is 1. The van der Waals surface area contributed by atoms with Crippen LogP contribution >= 0.6 is 11.3 Å². The fraction of sp³-hybridized carbons (Fsp3) is 0.111. The number of anilines is 1. The summed E-state index contributed by atoms with van der Waals surface area (Å²) < 4.78 is 0. The predicted molar refractivity (Wildman–Crippen MR) is 73.3 cm³/mol. The third kappa shape index (κ3) is 3.11. The second kappa shape index (κ2) is 5.54. The number of rotatable bonds is 3. The summed E-state index contributed by atoms with van der Waals surface area (Å²) in [6.45, 7) is 1.37. The Balaban J connectivity index is 2.24. The maximum Gasteiger partial charge on any atom is 0.310 e. The van der Waals surface area contributed by atoms with Crippen LogP contribution < -0.4 is 21.6 Å². The zero-order chi connectivity index (χ0) is 15.6. The number of aromatic nitrogens is 4. The summed E-state index contributed by atoms with van der Waals surface area (Å²) in [6, 6.07) is 0. The van der Waals surface area contributed by atoms with Crippen LogP contribution in [-0.4, -0.2) is 36.9 Å². The van der Waals surface area contributed by atoms with Gasteiger partial charge in [-0.25, -0.2) is 5.43 Å². The van der Waals surface area contributed by atoms with Gasteiger partial charge in [-0.05, 0) is 18.3 Å². The molecule has 6 N–H and O–H groups in total. The van der Waals surface area contributed by atoms with E-state index in [1.54, 1.807) is 0 Å². The SMILES string of the molecule is C/C(=N\NC(=O)c1nc(N)n[nH]1)c1c(O)sc(=O)[nH]c1=O. The average molecular weight is 311 g/mol. The Bertz CT molecular complexity index is 833. The van der Waals surface area contributed by atoms with Gasteiger partial charge in [0.15, 0.2) is 5.06 Å². The zero-order valence-corrected chi connectivity index (χ0v) is 11.3. The molecular weight excluding hydrogens is 302 g/mol. The molecule has 1 amide bonds. The van der Waals surface area contributed by atoms with Crippen molar-refractivity contribution in [2.24, 2.45) is 5.10 Å². The number of nitrogen functional groups attached to an aromatic ring is 1. The fourth-order valence-electron chi connectivity index (χ4n) is 1.36. The number of carbonyl (C=O) groups is 1. The number of nitrogens with one attached hydrogen (secondary N) is 3. The van der Waals surface area contributed by atoms with Crippen molar-refractivity contribution >= 4 is 28.9 Å². The lowest BCUT2D eigenvalue weighted by molar-refractivity contribution is 0.0945. The molecular formula is C9H9N7O4S. The van der Waals surface area contributed by atoms with E-state index in [1.807, 2.05) is 4.98 Å². The number of nitrogens with zero attached hydrogens (tertiary/aromatic N) is 3. The molecule has 21 heavy (non-hydrogen) atoms. The van der Waals surface area contributed by atoms with Crippen molar-refractivity contribution in [2.75, 3.05) is 5.73 Å². The van der Waals surface area contributed by atoms with E-state index in [0.717, 1.165) is 0 Å². The summed E-state index contributed by atoms with van der Waals surface area (Å²) in [5, 5.41) is 18.5. The van der Waals surface area contributed by atoms with E-state index in [4.69, 9.17) is 5.73 Å². The molecule has 0 aliphatic carbocycles. The fourth-order valence-corrected chi connectivity index (χ4v) is 2.02. The highest BCUT2D eigenvalue weighted by Crippen LogP contribution is 2.14. The van der Waals surface area contributed by atoms with Crippen molar-refractivity contribution in [2.45, 2.75) is 6.92 Å². The first-order valence-electron chi connectivity index (χ1n) is 5.37. The van der Waals surface area contributed by atoms with Gasteiger partial charge >= 0.3 is 10.8 Å². The number of aromatic hydroxyl groups is 1. The molecule has 12 heteroatoms. The molecule has 2 rings (SSSR count). The van der Waals surface area contributed by atoms with E-state index in [-0.39, 0.29) is 23.0 Å². The average Bonchev–Trinajstić information content (AvgIpc) is 2.81. The lowest BCUT2D eigenvalue weighted by atomic mass is 10.2. The molecule has 110 valence electrons. The van der Waals surface area contributed by atoms with Gasteiger partial charge in [-0.2, -0.15) is 10.1 Å². The summed E-state index contributed by atoms with van der Waals surface area (Å²) in [7, 11) is 0. The molecule has 0 aliphatic heterocycles. The van der Waals surface area contributed by atoms with E-state index in [2.05, 4.69) is 25.7 Å². The van der Waals surface area contributed by atoms with Gasteiger partial charge in [-0.15, -0.1) is 5.10 Å². The monoisotopic (exact) mass is 311 g/mol. The number of hydrazone groups is 1. The first-order valence-corrected chi connectivity index (χ1v) is 6.19. The minimum atomic E-state index is -0.810. The maximum atomic E-state index is 11.6. The Morgan fingerprint density at radius 1 is 1.48 bits per heavy atom. The second-order valence-electron chi connectivity index (χ2n) is 3.70. The summed E-state index contributed by atoms with van der Waals surface area (Å²) >= 11 is 0.441. The molecule has 2 aromatic rings. The van der Waals surface area contributed by atoms with Crippen molar-refractivity contribution in [3.8, 4) is 5.06 Å². The van der Waals surface area contributed by atoms with E-state index < -0.39 is 21.4 Å². The Morgan fingerprint density at radius 2 is 2.19 bits per heavy atom. The van der Waals surface area contributed by atoms with Gasteiger partial charge in [-0.3, -0.25) is 24.5 Å². The number of hydrogen-bond acceptors (Lipinski definition) is 9. The molecule has 11 nitrogen and oxygen atoms in total. The van der Waals surface area contributed by atoms with Crippen molar-refractivity contribution < 1.29 is 9.90 Å². The topological polar surface area (TPSA) is 179 Å². The standard InChI is InChI=1S/C9H9N7O4S/c1-2(3-5(17)12-9(20)21-7(3)19)13-15-6(18)4-11-8(10)16-14-4/h19H,1H3,(H,15,18)(H,12,17,20)(H3,10,11,14,16)/b13-2+. The third-order valence-corrected chi connectivity index (χ3v) is 2.94. The minimum absolute atomic E-state index is 0.00540. The lowest BCUT2D eigenvalue weighted by Gasteiger charge is -2.01. The smallest absolute Gasteiger partial charge is 0.310 e. The van der Waals surface area contributed by atoms with E-state index in [0.29, 0.717) is 11.3 Å². The van der Waals surface area contributed by atoms with Crippen LogP contribution in [0.3, 0.4) is 0 Å². The van der Waals surface area contributed by atoms with Crippen LogP contribution in [0.1, 0.15) is 23.1 Å². The molecule has 0 aromatic carbocycles. The van der Waals surface area contributed by atoms with Gasteiger partial charge in [0.2, 0.25) is 11.8 Å². The second-order valence-corrected chi connectivity index (χ2v) is 4.67. The van der Waals surface area contributed by atoms with Crippen LogP contribution in [0.4, 0.5) is 5.95 Å². The van der Waals surface area contributed by atoms with Gasteiger partial charge in [0, 0.05) is 0 Å². The van der Waals surface area contributed by atoms with E-state index in [9.17, 15) is 19.5 Å². The molecule has 2 heterocycles. The van der Waals surface area contributed by atoms with Gasteiger partial charge < -0.3 is 10.8 Å². The Morgan fingerprint density at radius 3 is 2.76 bits per heavy atom. The highest BCUT2D eigenvalue weighted by atomic mass is 32.1. The Hall–Kier alpha value is -3.02. The van der Waals surface area contributed by atoms with Crippen LogP contribution in [0.25, 0.3) is 0 Å². The number of hydrogen-bond donors (Lipinski definition) is 5. The molecule has 0 unspecified atom stereocenters. The van der Waals surface area contributed by atoms with Crippen LogP contribution in [0.15, 0.2) is 14.7 Å². The van der Waals surface area contributed by atoms with Crippen molar-refractivity contribution in [3.63, 3.8) is 0 Å². The van der Waals surface area contributed by atoms with Gasteiger partial charge in [0.1, 0.15) is 5.56 Å². The zero-order valence-electron chi connectivity index (χ0n) is 10.5. The summed E-state index contributed by atoms with van der Waals surface area (Å²) in [6.07, 6.45) is 0. The van der Waals surface area contributed by atoms with Gasteiger partial charge in [0.25, 0.3) is 5.56 Å². The van der Waals surface area contributed by atoms with Crippen LogP contribution in [-0.2, 0) is 0 Å². The highest BCUT2D eigenvalue weighted by molar-refractivity contribution is 7.11. The quantitative estimate of drug-likeness (QED) is 0.333. The van der Waals surface area contributed by atoms with Crippen LogP contribution in [0.5, 0.6) is 5.06 Å². The maximum absolute atomic E-state index is 11.6. The largest absolute Gasteiger partial charge is 0.499 e. The molecule has 0 atom stereocenters. The van der Waals surface area contributed by atoms with Crippen molar-refractivity contribution in [3.05, 3.63) is 31.4 Å². The number of amides is 1. The van der Waals surface area contributed by atoms with Gasteiger partial charge in [-0.1, -0.05) is 0 Å². The van der Waals surface area contributed by atoms with Crippen molar-refractivity contribution in [1.82, 2.24) is 25.6 Å². The Kier molecular flexibility index (Phi) is 3.80.